The second kappa shape index (κ2) is 9.37. The molecule has 7 nitrogen and oxygen atoms in total. The Labute approximate surface area is 157 Å². The lowest BCUT2D eigenvalue weighted by Crippen LogP contribution is -2.46. The van der Waals surface area contributed by atoms with Gasteiger partial charge in [-0.3, -0.25) is 4.68 Å². The molecule has 0 bridgehead atoms. The van der Waals surface area contributed by atoms with E-state index < -0.39 is 0 Å². The van der Waals surface area contributed by atoms with Crippen LogP contribution < -0.4 is 10.6 Å². The molecule has 2 aliphatic rings. The van der Waals surface area contributed by atoms with Crippen molar-refractivity contribution in [3.05, 3.63) is 17.5 Å². The third-order valence-electron chi connectivity index (χ3n) is 5.78. The molecule has 0 aromatic carbocycles. The van der Waals surface area contributed by atoms with E-state index in [-0.39, 0.29) is 12.1 Å². The summed E-state index contributed by atoms with van der Waals surface area (Å²) in [6.07, 6.45) is 7.22. The average Bonchev–Trinajstić information content (AvgIpc) is 3.04. The largest absolute Gasteiger partial charge is 0.338 e. The first-order valence-corrected chi connectivity index (χ1v) is 10.2. The molecule has 0 saturated carbocycles. The van der Waals surface area contributed by atoms with Gasteiger partial charge in [0, 0.05) is 51.0 Å². The van der Waals surface area contributed by atoms with Gasteiger partial charge in [0.25, 0.3) is 0 Å². The van der Waals surface area contributed by atoms with Gasteiger partial charge in [0.15, 0.2) is 0 Å². The SMILES string of the molecule is CCN1CCN(CCCCNC(=O)N[C@H]2CCCc3c2cnn3C)CC1. The number of urea groups is 1. The van der Waals surface area contributed by atoms with Crippen molar-refractivity contribution in [3.8, 4) is 0 Å². The molecule has 0 radical (unpaired) electrons. The minimum Gasteiger partial charge on any atom is -0.338 e. The van der Waals surface area contributed by atoms with Crippen LogP contribution in [0.2, 0.25) is 0 Å². The van der Waals surface area contributed by atoms with E-state index in [0.29, 0.717) is 0 Å². The molecule has 1 atom stereocenters. The van der Waals surface area contributed by atoms with E-state index in [1.165, 1.54) is 37.4 Å². The number of nitrogens with zero attached hydrogens (tertiary/aromatic N) is 4. The van der Waals surface area contributed by atoms with Gasteiger partial charge in [0.1, 0.15) is 0 Å². The lowest BCUT2D eigenvalue weighted by molar-refractivity contribution is 0.135. The van der Waals surface area contributed by atoms with Crippen molar-refractivity contribution in [3.63, 3.8) is 0 Å². The molecule has 2 heterocycles. The van der Waals surface area contributed by atoms with E-state index in [4.69, 9.17) is 0 Å². The Balaban J connectivity index is 1.29. The summed E-state index contributed by atoms with van der Waals surface area (Å²) in [5.41, 5.74) is 2.44. The number of hydrogen-bond donors (Lipinski definition) is 2. The Kier molecular flexibility index (Phi) is 6.91. The molecule has 1 saturated heterocycles. The third-order valence-corrected chi connectivity index (χ3v) is 5.78. The number of piperazine rings is 1. The van der Waals surface area contributed by atoms with Crippen LogP contribution in [-0.4, -0.2) is 71.4 Å². The number of carbonyl (C=O) groups is 1. The van der Waals surface area contributed by atoms with Crippen molar-refractivity contribution >= 4 is 6.03 Å². The van der Waals surface area contributed by atoms with Crippen LogP contribution in [0, 0.1) is 0 Å². The smallest absolute Gasteiger partial charge is 0.315 e. The Hall–Kier alpha value is -1.60. The molecule has 3 rings (SSSR count). The molecular weight excluding hydrogens is 328 g/mol. The summed E-state index contributed by atoms with van der Waals surface area (Å²) >= 11 is 0. The van der Waals surface area contributed by atoms with Gasteiger partial charge in [0.05, 0.1) is 12.2 Å². The predicted octanol–water partition coefficient (Wildman–Crippen LogP) is 1.51. The highest BCUT2D eigenvalue weighted by Crippen LogP contribution is 2.28. The monoisotopic (exact) mass is 362 g/mol. The quantitative estimate of drug-likeness (QED) is 0.722. The first kappa shape index (κ1) is 19.2. The fraction of sp³-hybridized carbons (Fsp3) is 0.789. The number of aryl methyl sites for hydroxylation is 1. The summed E-state index contributed by atoms with van der Waals surface area (Å²) in [6.45, 7) is 10.0. The highest BCUT2D eigenvalue weighted by atomic mass is 16.2. The zero-order valence-corrected chi connectivity index (χ0v) is 16.3. The van der Waals surface area contributed by atoms with Crippen molar-refractivity contribution in [2.24, 2.45) is 7.05 Å². The highest BCUT2D eigenvalue weighted by Gasteiger charge is 2.24. The number of amides is 2. The van der Waals surface area contributed by atoms with Crippen molar-refractivity contribution in [1.82, 2.24) is 30.2 Å². The molecule has 1 aliphatic carbocycles. The number of carbonyl (C=O) groups excluding carboxylic acids is 1. The van der Waals surface area contributed by atoms with Gasteiger partial charge in [-0.25, -0.2) is 4.79 Å². The van der Waals surface area contributed by atoms with Crippen LogP contribution in [0.4, 0.5) is 4.79 Å². The van der Waals surface area contributed by atoms with Crippen molar-refractivity contribution in [2.75, 3.05) is 45.8 Å². The lowest BCUT2D eigenvalue weighted by atomic mass is 9.93. The van der Waals surface area contributed by atoms with Gasteiger partial charge in [-0.15, -0.1) is 0 Å². The van der Waals surface area contributed by atoms with Crippen LogP contribution in [0.25, 0.3) is 0 Å². The van der Waals surface area contributed by atoms with Crippen molar-refractivity contribution in [2.45, 2.75) is 45.1 Å². The number of hydrogen-bond acceptors (Lipinski definition) is 4. The van der Waals surface area contributed by atoms with Crippen LogP contribution in [0.3, 0.4) is 0 Å². The average molecular weight is 363 g/mol. The topological polar surface area (TPSA) is 65.4 Å². The maximum absolute atomic E-state index is 12.2. The summed E-state index contributed by atoms with van der Waals surface area (Å²) in [5, 5.41) is 10.5. The Morgan fingerprint density at radius 1 is 1.23 bits per heavy atom. The van der Waals surface area contributed by atoms with E-state index in [1.807, 2.05) is 17.9 Å². The number of fused-ring (bicyclic) bond motifs is 1. The highest BCUT2D eigenvalue weighted by molar-refractivity contribution is 5.74. The Bertz CT molecular complexity index is 579. The van der Waals surface area contributed by atoms with Crippen LogP contribution >= 0.6 is 0 Å². The van der Waals surface area contributed by atoms with Gasteiger partial charge >= 0.3 is 6.03 Å². The normalized spacial score (nSPS) is 21.4. The molecule has 0 spiro atoms. The number of rotatable bonds is 7. The molecule has 0 unspecified atom stereocenters. The molecular formula is C19H34N6O. The molecule has 26 heavy (non-hydrogen) atoms. The summed E-state index contributed by atoms with van der Waals surface area (Å²) < 4.78 is 1.93. The zero-order valence-electron chi connectivity index (χ0n) is 16.3. The van der Waals surface area contributed by atoms with E-state index in [1.54, 1.807) is 0 Å². The molecule has 146 valence electrons. The summed E-state index contributed by atoms with van der Waals surface area (Å²) in [7, 11) is 1.98. The number of nitrogens with one attached hydrogen (secondary N) is 2. The van der Waals surface area contributed by atoms with Crippen molar-refractivity contribution < 1.29 is 4.79 Å². The fourth-order valence-electron chi connectivity index (χ4n) is 4.06. The number of unbranched alkanes of at least 4 members (excludes halogenated alkanes) is 1. The molecule has 1 aromatic rings. The maximum Gasteiger partial charge on any atom is 0.315 e. The lowest BCUT2D eigenvalue weighted by Gasteiger charge is -2.34. The van der Waals surface area contributed by atoms with Crippen molar-refractivity contribution in [1.29, 1.82) is 0 Å². The van der Waals surface area contributed by atoms with E-state index in [2.05, 4.69) is 32.5 Å². The first-order valence-electron chi connectivity index (χ1n) is 10.2. The molecule has 2 N–H and O–H groups in total. The van der Waals surface area contributed by atoms with Gasteiger partial charge in [-0.05, 0) is 45.2 Å². The maximum atomic E-state index is 12.2. The van der Waals surface area contributed by atoms with Crippen LogP contribution in [0.1, 0.15) is 49.9 Å². The summed E-state index contributed by atoms with van der Waals surface area (Å²) in [4.78, 5) is 17.2. The molecule has 1 aromatic heterocycles. The third kappa shape index (κ3) is 4.98. The van der Waals surface area contributed by atoms with E-state index >= 15 is 0 Å². The van der Waals surface area contributed by atoms with E-state index in [9.17, 15) is 4.79 Å². The van der Waals surface area contributed by atoms with Crippen LogP contribution in [0.15, 0.2) is 6.20 Å². The first-order chi connectivity index (χ1) is 12.7. The minimum absolute atomic E-state index is 0.0525. The Morgan fingerprint density at radius 3 is 2.77 bits per heavy atom. The second-order valence-electron chi connectivity index (χ2n) is 7.50. The van der Waals surface area contributed by atoms with E-state index in [0.717, 1.165) is 51.7 Å². The minimum atomic E-state index is -0.0525. The summed E-state index contributed by atoms with van der Waals surface area (Å²) in [6, 6.07) is 0.0468. The standard InChI is InChI=1S/C19H34N6O/c1-3-24-11-13-25(14-12-24)10-5-4-9-20-19(26)22-17-7-6-8-18-16(17)15-21-23(18)2/h15,17H,3-14H2,1-2H3,(H2,20,22,26)/t17-/m0/s1. The molecule has 2 amide bonds. The van der Waals surface area contributed by atoms with Crippen LogP contribution in [0.5, 0.6) is 0 Å². The van der Waals surface area contributed by atoms with Gasteiger partial charge < -0.3 is 20.4 Å². The predicted molar refractivity (Wildman–Crippen MR) is 103 cm³/mol. The van der Waals surface area contributed by atoms with Gasteiger partial charge in [0.2, 0.25) is 0 Å². The Morgan fingerprint density at radius 2 is 2.00 bits per heavy atom. The van der Waals surface area contributed by atoms with Gasteiger partial charge in [-0.2, -0.15) is 5.10 Å². The molecule has 1 aliphatic heterocycles. The van der Waals surface area contributed by atoms with Gasteiger partial charge in [-0.1, -0.05) is 6.92 Å². The molecule has 1 fully saturated rings. The molecule has 7 heteroatoms. The second-order valence-corrected chi connectivity index (χ2v) is 7.50. The fourth-order valence-corrected chi connectivity index (χ4v) is 4.06. The summed E-state index contributed by atoms with van der Waals surface area (Å²) in [5.74, 6) is 0. The zero-order chi connectivity index (χ0) is 18.4. The van der Waals surface area contributed by atoms with Crippen LogP contribution in [-0.2, 0) is 13.5 Å². The number of likely N-dealkylation sites (N-methyl/N-ethyl adjacent to an activating group) is 1. The number of aromatic nitrogens is 2.